The van der Waals surface area contributed by atoms with Gasteiger partial charge in [-0.3, -0.25) is 9.59 Å². The quantitative estimate of drug-likeness (QED) is 0.119. The Kier molecular flexibility index (Phi) is 9.49. The van der Waals surface area contributed by atoms with Gasteiger partial charge in [-0.1, -0.05) is 41.1 Å². The summed E-state index contributed by atoms with van der Waals surface area (Å²) in [6.45, 7) is 5.85. The standard InChI is InChI=1S/C29H28BrN3O6S/c1-4-38-29(37)24-21-11-9-16(2)13-23(21)40-27(24)32-25(34)26(35)33-31-15-18-14-19(30)10-12-22(18)39-28(36)20-8-6-5-7-17(20)3/h5-8,10,12,14-16H,4,9,11,13H2,1-3H3,(H,32,34)(H,33,35)/b31-15-/t16-/m0/s1. The van der Waals surface area contributed by atoms with Crippen molar-refractivity contribution in [1.82, 2.24) is 5.43 Å². The molecule has 0 radical (unpaired) electrons. The van der Waals surface area contributed by atoms with Crippen LogP contribution in [0, 0.1) is 12.8 Å². The predicted molar refractivity (Wildman–Crippen MR) is 156 cm³/mol. The van der Waals surface area contributed by atoms with Crippen LogP contribution in [0.5, 0.6) is 5.75 Å². The Labute approximate surface area is 244 Å². The second kappa shape index (κ2) is 13.0. The number of carbonyl (C=O) groups excluding carboxylic acids is 4. The minimum Gasteiger partial charge on any atom is -0.462 e. The average Bonchev–Trinajstić information content (AvgIpc) is 3.27. The molecule has 9 nitrogen and oxygen atoms in total. The Balaban J connectivity index is 1.46. The SMILES string of the molecule is CCOC(=O)c1c(NC(=O)C(=O)N/N=C\c2cc(Br)ccc2OC(=O)c2ccccc2C)sc2c1CC[C@H](C)C2. The number of fused-ring (bicyclic) bond motifs is 1. The molecule has 0 bridgehead atoms. The van der Waals surface area contributed by atoms with Gasteiger partial charge in [0.05, 0.1) is 23.9 Å². The highest BCUT2D eigenvalue weighted by Gasteiger charge is 2.30. The van der Waals surface area contributed by atoms with Gasteiger partial charge in [0.25, 0.3) is 0 Å². The summed E-state index contributed by atoms with van der Waals surface area (Å²) in [6.07, 6.45) is 3.70. The van der Waals surface area contributed by atoms with Gasteiger partial charge in [0.2, 0.25) is 0 Å². The molecule has 1 atom stereocenters. The van der Waals surface area contributed by atoms with Crippen LogP contribution in [0.1, 0.15) is 62.6 Å². The van der Waals surface area contributed by atoms with Crippen LogP contribution >= 0.6 is 27.3 Å². The maximum absolute atomic E-state index is 12.7. The van der Waals surface area contributed by atoms with E-state index in [1.807, 2.05) is 19.1 Å². The number of hydrogen-bond donors (Lipinski definition) is 2. The van der Waals surface area contributed by atoms with E-state index in [1.54, 1.807) is 37.3 Å². The molecule has 4 rings (SSSR count). The lowest BCUT2D eigenvalue weighted by molar-refractivity contribution is -0.136. The molecular formula is C29H28BrN3O6S. The molecule has 0 aliphatic heterocycles. The number of nitrogens with zero attached hydrogens (tertiary/aromatic N) is 1. The van der Waals surface area contributed by atoms with Gasteiger partial charge < -0.3 is 14.8 Å². The van der Waals surface area contributed by atoms with Crippen LogP contribution in [0.15, 0.2) is 52.0 Å². The molecule has 40 heavy (non-hydrogen) atoms. The molecule has 2 N–H and O–H groups in total. The van der Waals surface area contributed by atoms with Gasteiger partial charge in [0, 0.05) is 14.9 Å². The zero-order chi connectivity index (χ0) is 28.8. The van der Waals surface area contributed by atoms with E-state index < -0.39 is 23.8 Å². The summed E-state index contributed by atoms with van der Waals surface area (Å²) in [5.41, 5.74) is 4.95. The molecule has 0 saturated heterocycles. The van der Waals surface area contributed by atoms with E-state index in [9.17, 15) is 19.2 Å². The smallest absolute Gasteiger partial charge is 0.343 e. The third-order valence-electron chi connectivity index (χ3n) is 6.33. The van der Waals surface area contributed by atoms with Crippen LogP contribution in [0.25, 0.3) is 0 Å². The number of hydrazone groups is 1. The van der Waals surface area contributed by atoms with Crippen molar-refractivity contribution in [2.45, 2.75) is 40.0 Å². The van der Waals surface area contributed by atoms with E-state index in [4.69, 9.17) is 9.47 Å². The Morgan fingerprint density at radius 1 is 1.12 bits per heavy atom. The first kappa shape index (κ1) is 29.2. The minimum atomic E-state index is -1.03. The first-order valence-electron chi connectivity index (χ1n) is 12.7. The van der Waals surface area contributed by atoms with Crippen molar-refractivity contribution < 1.29 is 28.7 Å². The van der Waals surface area contributed by atoms with Crippen molar-refractivity contribution in [3.8, 4) is 5.75 Å². The molecule has 0 unspecified atom stereocenters. The molecule has 3 aromatic rings. The fourth-order valence-electron chi connectivity index (χ4n) is 4.30. The number of benzene rings is 2. The molecule has 0 spiro atoms. The largest absolute Gasteiger partial charge is 0.462 e. The van der Waals surface area contributed by atoms with E-state index in [-0.39, 0.29) is 12.4 Å². The lowest BCUT2D eigenvalue weighted by atomic mass is 9.88. The highest BCUT2D eigenvalue weighted by atomic mass is 79.9. The van der Waals surface area contributed by atoms with Crippen molar-refractivity contribution >= 4 is 62.2 Å². The van der Waals surface area contributed by atoms with Crippen molar-refractivity contribution in [2.75, 3.05) is 11.9 Å². The number of hydrogen-bond acceptors (Lipinski definition) is 8. The Bertz CT molecular complexity index is 1500. The topological polar surface area (TPSA) is 123 Å². The molecule has 0 fully saturated rings. The van der Waals surface area contributed by atoms with E-state index in [2.05, 4.69) is 38.7 Å². The highest BCUT2D eigenvalue weighted by molar-refractivity contribution is 9.10. The third kappa shape index (κ3) is 6.83. The second-order valence-electron chi connectivity index (χ2n) is 9.32. The number of nitrogens with one attached hydrogen (secondary N) is 2. The number of aryl methyl sites for hydroxylation is 1. The van der Waals surface area contributed by atoms with Gasteiger partial charge >= 0.3 is 23.8 Å². The predicted octanol–water partition coefficient (Wildman–Crippen LogP) is 5.43. The zero-order valence-electron chi connectivity index (χ0n) is 22.2. The Morgan fingerprint density at radius 3 is 2.65 bits per heavy atom. The molecule has 11 heteroatoms. The summed E-state index contributed by atoms with van der Waals surface area (Å²) < 4.78 is 11.5. The third-order valence-corrected chi connectivity index (χ3v) is 8.00. The van der Waals surface area contributed by atoms with Crippen LogP contribution in [0.2, 0.25) is 0 Å². The number of carbonyl (C=O) groups is 4. The fourth-order valence-corrected chi connectivity index (χ4v) is 6.07. The lowest BCUT2D eigenvalue weighted by Crippen LogP contribution is -2.32. The Morgan fingerprint density at radius 2 is 1.90 bits per heavy atom. The molecule has 0 saturated carbocycles. The maximum atomic E-state index is 12.7. The van der Waals surface area contributed by atoms with E-state index in [0.717, 1.165) is 28.8 Å². The molecule has 2 aromatic carbocycles. The lowest BCUT2D eigenvalue weighted by Gasteiger charge is -2.18. The van der Waals surface area contributed by atoms with E-state index in [0.29, 0.717) is 38.5 Å². The molecule has 208 valence electrons. The molecular weight excluding hydrogens is 598 g/mol. The molecule has 1 aromatic heterocycles. The number of ether oxygens (including phenoxy) is 2. The van der Waals surface area contributed by atoms with Gasteiger partial charge in [-0.2, -0.15) is 5.10 Å². The van der Waals surface area contributed by atoms with Gasteiger partial charge in [0.1, 0.15) is 10.8 Å². The van der Waals surface area contributed by atoms with Gasteiger partial charge in [-0.05, 0) is 74.4 Å². The summed E-state index contributed by atoms with van der Waals surface area (Å²) in [7, 11) is 0. The Hall–Kier alpha value is -3.83. The molecule has 1 aliphatic rings. The number of rotatable bonds is 7. The fraction of sp³-hybridized carbons (Fsp3) is 0.276. The number of halogens is 1. The van der Waals surface area contributed by atoms with E-state index >= 15 is 0 Å². The maximum Gasteiger partial charge on any atom is 0.343 e. The number of thiophene rings is 1. The van der Waals surface area contributed by atoms with E-state index in [1.165, 1.54) is 17.6 Å². The van der Waals surface area contributed by atoms with Crippen molar-refractivity contribution in [1.29, 1.82) is 0 Å². The van der Waals surface area contributed by atoms with Crippen LogP contribution in [-0.2, 0) is 27.2 Å². The summed E-state index contributed by atoms with van der Waals surface area (Å²) in [5, 5.41) is 6.73. The number of anilines is 1. The summed E-state index contributed by atoms with van der Waals surface area (Å²) in [4.78, 5) is 51.6. The zero-order valence-corrected chi connectivity index (χ0v) is 24.6. The van der Waals surface area contributed by atoms with Crippen molar-refractivity contribution in [2.24, 2.45) is 11.0 Å². The van der Waals surface area contributed by atoms with Crippen LogP contribution in [-0.4, -0.2) is 36.6 Å². The van der Waals surface area contributed by atoms with Crippen LogP contribution in [0.4, 0.5) is 5.00 Å². The van der Waals surface area contributed by atoms with Gasteiger partial charge in [-0.15, -0.1) is 11.3 Å². The summed E-state index contributed by atoms with van der Waals surface area (Å²) in [5.74, 6) is -2.39. The minimum absolute atomic E-state index is 0.195. The summed E-state index contributed by atoms with van der Waals surface area (Å²) in [6, 6.07) is 12.0. The summed E-state index contributed by atoms with van der Waals surface area (Å²) >= 11 is 4.66. The van der Waals surface area contributed by atoms with Crippen molar-refractivity contribution in [3.05, 3.63) is 79.6 Å². The van der Waals surface area contributed by atoms with Crippen LogP contribution < -0.4 is 15.5 Å². The van der Waals surface area contributed by atoms with Crippen LogP contribution in [0.3, 0.4) is 0 Å². The molecule has 1 heterocycles. The average molecular weight is 627 g/mol. The monoisotopic (exact) mass is 625 g/mol. The highest BCUT2D eigenvalue weighted by Crippen LogP contribution is 2.40. The number of amides is 2. The van der Waals surface area contributed by atoms with Crippen molar-refractivity contribution in [3.63, 3.8) is 0 Å². The number of esters is 2. The molecule has 2 amide bonds. The first-order chi connectivity index (χ1) is 19.2. The van der Waals surface area contributed by atoms with Gasteiger partial charge in [-0.25, -0.2) is 15.0 Å². The molecule has 1 aliphatic carbocycles. The van der Waals surface area contributed by atoms with Gasteiger partial charge in [0.15, 0.2) is 0 Å². The second-order valence-corrected chi connectivity index (χ2v) is 11.3. The normalized spacial score (nSPS) is 14.3. The first-order valence-corrected chi connectivity index (χ1v) is 14.3.